The molecule has 2 aromatic heterocycles. The lowest BCUT2D eigenvalue weighted by Crippen LogP contribution is -2.37. The summed E-state index contributed by atoms with van der Waals surface area (Å²) in [5, 5.41) is 4.90. The molecule has 1 N–H and O–H groups in total. The summed E-state index contributed by atoms with van der Waals surface area (Å²) >= 11 is 1.43. The highest BCUT2D eigenvalue weighted by Gasteiger charge is 2.28. The van der Waals surface area contributed by atoms with E-state index in [1.165, 1.54) is 23.5 Å². The average Bonchev–Trinajstić information content (AvgIpc) is 3.47. The first kappa shape index (κ1) is 20.5. The number of nitrogens with zero attached hydrogens (tertiary/aromatic N) is 3. The number of sulfonamides is 1. The minimum Gasteiger partial charge on any atom is -0.356 e. The van der Waals surface area contributed by atoms with Gasteiger partial charge in [-0.1, -0.05) is 11.2 Å². The molecule has 0 bridgehead atoms. The minimum absolute atomic E-state index is 0.130. The molecule has 0 aliphatic carbocycles. The van der Waals surface area contributed by atoms with Gasteiger partial charge in [-0.2, -0.15) is 0 Å². The van der Waals surface area contributed by atoms with E-state index in [1.807, 2.05) is 6.07 Å². The van der Waals surface area contributed by atoms with Crippen molar-refractivity contribution in [3.8, 4) is 0 Å². The fraction of sp³-hybridized carbons (Fsp3) is 0.333. The maximum Gasteiger partial charge on any atom is 0.243 e. The molecule has 1 unspecified atom stereocenters. The van der Waals surface area contributed by atoms with Crippen molar-refractivity contribution >= 4 is 42.5 Å². The van der Waals surface area contributed by atoms with Gasteiger partial charge in [-0.3, -0.25) is 0 Å². The van der Waals surface area contributed by atoms with Crippen LogP contribution in [0, 0.1) is 5.82 Å². The van der Waals surface area contributed by atoms with Crippen molar-refractivity contribution in [1.29, 1.82) is 0 Å². The van der Waals surface area contributed by atoms with Crippen molar-refractivity contribution in [2.75, 3.05) is 19.6 Å². The Kier molecular flexibility index (Phi) is 5.47. The van der Waals surface area contributed by atoms with Gasteiger partial charge in [-0.25, -0.2) is 22.5 Å². The van der Waals surface area contributed by atoms with Crippen LogP contribution in [0.1, 0.15) is 18.5 Å². The number of likely N-dealkylation sites (tertiary alicyclic amines) is 1. The molecule has 0 radical (unpaired) electrons. The van der Waals surface area contributed by atoms with Crippen LogP contribution in [-0.4, -0.2) is 49.1 Å². The molecule has 1 atom stereocenters. The van der Waals surface area contributed by atoms with Gasteiger partial charge < -0.3 is 9.42 Å². The van der Waals surface area contributed by atoms with Gasteiger partial charge in [0.15, 0.2) is 5.58 Å². The van der Waals surface area contributed by atoms with Crippen LogP contribution in [0.15, 0.2) is 51.3 Å². The molecule has 1 aliphatic rings. The van der Waals surface area contributed by atoms with E-state index in [-0.39, 0.29) is 16.8 Å². The number of aryl methyl sites for hydroxylation is 1. The number of fused-ring (bicyclic) bond motifs is 2. The van der Waals surface area contributed by atoms with Crippen molar-refractivity contribution in [2.45, 2.75) is 30.2 Å². The monoisotopic (exact) mass is 460 g/mol. The van der Waals surface area contributed by atoms with Crippen molar-refractivity contribution in [2.24, 2.45) is 0 Å². The summed E-state index contributed by atoms with van der Waals surface area (Å²) in [5.74, 6) is -0.341. The first-order valence-corrected chi connectivity index (χ1v) is 12.5. The SMILES string of the molecule is O=S(=O)(NC1CCN(CCCc2noc3cc(F)ccc23)C1)c1cccc2scnc12. The van der Waals surface area contributed by atoms with Crippen LogP contribution in [0.4, 0.5) is 4.39 Å². The molecule has 4 aromatic rings. The molecule has 7 nitrogen and oxygen atoms in total. The topological polar surface area (TPSA) is 88.3 Å². The number of rotatable bonds is 7. The Labute approximate surface area is 182 Å². The summed E-state index contributed by atoms with van der Waals surface area (Å²) in [7, 11) is -3.63. The van der Waals surface area contributed by atoms with E-state index in [2.05, 4.69) is 19.8 Å². The largest absolute Gasteiger partial charge is 0.356 e. The second-order valence-electron chi connectivity index (χ2n) is 7.74. The van der Waals surface area contributed by atoms with E-state index >= 15 is 0 Å². The Bertz CT molecular complexity index is 1330. The lowest BCUT2D eigenvalue weighted by molar-refractivity contribution is 0.326. The average molecular weight is 461 g/mol. The second-order valence-corrected chi connectivity index (χ2v) is 10.3. The zero-order valence-electron chi connectivity index (χ0n) is 16.6. The zero-order chi connectivity index (χ0) is 21.4. The number of thiazole rings is 1. The van der Waals surface area contributed by atoms with Gasteiger partial charge in [0.25, 0.3) is 0 Å². The third-order valence-electron chi connectivity index (χ3n) is 5.60. The molecular formula is C21H21FN4O3S2. The first-order chi connectivity index (χ1) is 15.0. The molecular weight excluding hydrogens is 439 g/mol. The fourth-order valence-corrected chi connectivity index (χ4v) is 6.31. The Morgan fingerprint density at radius 3 is 3.10 bits per heavy atom. The summed E-state index contributed by atoms with van der Waals surface area (Å²) in [6.45, 7) is 2.32. The maximum atomic E-state index is 13.3. The van der Waals surface area contributed by atoms with Crippen LogP contribution in [-0.2, 0) is 16.4 Å². The summed E-state index contributed by atoms with van der Waals surface area (Å²) < 4.78 is 48.0. The zero-order valence-corrected chi connectivity index (χ0v) is 18.3. The lowest BCUT2D eigenvalue weighted by atomic mass is 10.1. The highest BCUT2D eigenvalue weighted by Crippen LogP contribution is 2.26. The van der Waals surface area contributed by atoms with E-state index in [9.17, 15) is 12.8 Å². The van der Waals surface area contributed by atoms with E-state index in [0.29, 0.717) is 17.6 Å². The number of para-hydroxylation sites is 1. The second kappa shape index (κ2) is 8.27. The third-order valence-corrected chi connectivity index (χ3v) is 7.95. The van der Waals surface area contributed by atoms with Crippen LogP contribution in [0.3, 0.4) is 0 Å². The molecule has 10 heteroatoms. The normalized spacial score (nSPS) is 17.8. The van der Waals surface area contributed by atoms with Crippen LogP contribution in [0.5, 0.6) is 0 Å². The van der Waals surface area contributed by atoms with Gasteiger partial charge >= 0.3 is 0 Å². The molecule has 5 rings (SSSR count). The highest BCUT2D eigenvalue weighted by molar-refractivity contribution is 7.89. The number of benzene rings is 2. The van der Waals surface area contributed by atoms with Gasteiger partial charge in [0.1, 0.15) is 16.2 Å². The quantitative estimate of drug-likeness (QED) is 0.454. The molecule has 2 aromatic carbocycles. The van der Waals surface area contributed by atoms with Gasteiger partial charge in [-0.15, -0.1) is 11.3 Å². The molecule has 1 fully saturated rings. The Morgan fingerprint density at radius 2 is 2.19 bits per heavy atom. The summed E-state index contributed by atoms with van der Waals surface area (Å²) in [6, 6.07) is 9.54. The van der Waals surface area contributed by atoms with E-state index in [0.717, 1.165) is 48.1 Å². The van der Waals surface area contributed by atoms with E-state index in [4.69, 9.17) is 4.52 Å². The third kappa shape index (κ3) is 4.20. The summed E-state index contributed by atoms with van der Waals surface area (Å²) in [6.07, 6.45) is 2.34. The van der Waals surface area contributed by atoms with Crippen molar-refractivity contribution in [3.05, 3.63) is 53.4 Å². The molecule has 0 saturated carbocycles. The molecule has 162 valence electrons. The van der Waals surface area contributed by atoms with Gasteiger partial charge in [0.05, 0.1) is 15.9 Å². The van der Waals surface area contributed by atoms with Gasteiger partial charge in [-0.05, 0) is 56.6 Å². The summed E-state index contributed by atoms with van der Waals surface area (Å²) in [4.78, 5) is 6.70. The van der Waals surface area contributed by atoms with Crippen molar-refractivity contribution in [3.63, 3.8) is 0 Å². The van der Waals surface area contributed by atoms with Crippen molar-refractivity contribution < 1.29 is 17.3 Å². The van der Waals surface area contributed by atoms with Crippen LogP contribution in [0.25, 0.3) is 21.2 Å². The van der Waals surface area contributed by atoms with Gasteiger partial charge in [0, 0.05) is 24.0 Å². The maximum absolute atomic E-state index is 13.3. The Hall–Kier alpha value is -2.40. The smallest absolute Gasteiger partial charge is 0.243 e. The fourth-order valence-electron chi connectivity index (χ4n) is 4.11. The number of hydrogen-bond donors (Lipinski definition) is 1. The number of hydrogen-bond acceptors (Lipinski definition) is 7. The standard InChI is InChI=1S/C21H21FN4O3S2/c22-14-6-7-16-17(24-29-18(16)11-14)3-2-9-26-10-8-15(12-26)25-31(27,28)20-5-1-4-19-21(20)23-13-30-19/h1,4-7,11,13,15,25H,2-3,8-10,12H2. The van der Waals surface area contributed by atoms with E-state index in [1.54, 1.807) is 23.7 Å². The summed E-state index contributed by atoms with van der Waals surface area (Å²) in [5.41, 5.74) is 3.47. The molecule has 0 amide bonds. The van der Waals surface area contributed by atoms with E-state index < -0.39 is 10.0 Å². The van der Waals surface area contributed by atoms with Crippen LogP contribution in [0.2, 0.25) is 0 Å². The highest BCUT2D eigenvalue weighted by atomic mass is 32.2. The number of nitrogens with one attached hydrogen (secondary N) is 1. The predicted molar refractivity (Wildman–Crippen MR) is 117 cm³/mol. The number of halogens is 1. The Morgan fingerprint density at radius 1 is 1.29 bits per heavy atom. The molecule has 1 aliphatic heterocycles. The minimum atomic E-state index is -3.63. The lowest BCUT2D eigenvalue weighted by Gasteiger charge is -2.16. The molecule has 3 heterocycles. The van der Waals surface area contributed by atoms with Gasteiger partial charge in [0.2, 0.25) is 10.0 Å². The molecule has 1 saturated heterocycles. The van der Waals surface area contributed by atoms with Crippen LogP contribution < -0.4 is 4.72 Å². The first-order valence-electron chi connectivity index (χ1n) is 10.1. The molecule has 0 spiro atoms. The predicted octanol–water partition coefficient (Wildman–Crippen LogP) is 3.56. The Balaban J connectivity index is 1.17. The molecule has 31 heavy (non-hydrogen) atoms. The van der Waals surface area contributed by atoms with Crippen LogP contribution >= 0.6 is 11.3 Å². The number of aromatic nitrogens is 2. The van der Waals surface area contributed by atoms with Crippen molar-refractivity contribution in [1.82, 2.24) is 19.8 Å².